The van der Waals surface area contributed by atoms with E-state index in [1.54, 1.807) is 12.1 Å². The standard InChI is InChI=1S/C12H27N.C8H8O3S/c1-4-7-10-13(11-8-5-2)12-9-6-3;1-2-7-5-3-4-6-8(7)12(9,10)11/h4-12H2,1-3H3;2-6H,1H2,(H,9,10,11). The van der Waals surface area contributed by atoms with Crippen molar-refractivity contribution in [1.82, 2.24) is 4.90 Å². The fourth-order valence-corrected chi connectivity index (χ4v) is 3.06. The first-order valence-electron chi connectivity index (χ1n) is 9.31. The van der Waals surface area contributed by atoms with E-state index < -0.39 is 10.1 Å². The molecule has 0 amide bonds. The van der Waals surface area contributed by atoms with Crippen LogP contribution in [0.4, 0.5) is 0 Å². The molecule has 1 aromatic carbocycles. The van der Waals surface area contributed by atoms with Gasteiger partial charge in [-0.1, -0.05) is 70.9 Å². The van der Waals surface area contributed by atoms with E-state index in [9.17, 15) is 8.42 Å². The fourth-order valence-electron chi connectivity index (χ4n) is 2.36. The van der Waals surface area contributed by atoms with Crippen LogP contribution in [0.2, 0.25) is 0 Å². The van der Waals surface area contributed by atoms with Crippen molar-refractivity contribution in [2.75, 3.05) is 19.6 Å². The molecule has 0 aliphatic carbocycles. The molecule has 1 N–H and O–H groups in total. The zero-order chi connectivity index (χ0) is 19.1. The third-order valence-electron chi connectivity index (χ3n) is 3.90. The van der Waals surface area contributed by atoms with Gasteiger partial charge in [0, 0.05) is 0 Å². The van der Waals surface area contributed by atoms with Crippen LogP contribution in [0.3, 0.4) is 0 Å². The second kappa shape index (κ2) is 14.0. The Balaban J connectivity index is 0.000000462. The molecule has 1 rings (SSSR count). The maximum atomic E-state index is 10.7. The molecule has 4 nitrogen and oxygen atoms in total. The second-order valence-corrected chi connectivity index (χ2v) is 7.51. The Morgan fingerprint density at radius 1 is 0.960 bits per heavy atom. The Morgan fingerprint density at radius 3 is 1.72 bits per heavy atom. The van der Waals surface area contributed by atoms with Gasteiger partial charge < -0.3 is 4.90 Å². The summed E-state index contributed by atoms with van der Waals surface area (Å²) in [4.78, 5) is 2.52. The van der Waals surface area contributed by atoms with Gasteiger partial charge >= 0.3 is 0 Å². The summed E-state index contributed by atoms with van der Waals surface area (Å²) in [6.07, 6.45) is 9.47. The molecule has 0 saturated carbocycles. The van der Waals surface area contributed by atoms with E-state index in [4.69, 9.17) is 4.55 Å². The molecule has 1 aromatic rings. The minimum atomic E-state index is -4.12. The molecular formula is C20H35NO3S. The minimum Gasteiger partial charge on any atom is -0.303 e. The lowest BCUT2D eigenvalue weighted by Crippen LogP contribution is -2.27. The van der Waals surface area contributed by atoms with Crippen LogP contribution < -0.4 is 0 Å². The van der Waals surface area contributed by atoms with E-state index in [1.165, 1.54) is 76.4 Å². The molecular weight excluding hydrogens is 334 g/mol. The third kappa shape index (κ3) is 11.1. The van der Waals surface area contributed by atoms with Crippen LogP contribution >= 0.6 is 0 Å². The van der Waals surface area contributed by atoms with E-state index in [0.29, 0.717) is 5.56 Å². The summed E-state index contributed by atoms with van der Waals surface area (Å²) in [6, 6.07) is 6.10. The first-order valence-corrected chi connectivity index (χ1v) is 10.8. The van der Waals surface area contributed by atoms with E-state index >= 15 is 0 Å². The molecule has 0 spiro atoms. The summed E-state index contributed by atoms with van der Waals surface area (Å²) < 4.78 is 30.2. The summed E-state index contributed by atoms with van der Waals surface area (Å²) in [5.74, 6) is 0. The van der Waals surface area contributed by atoms with E-state index in [0.717, 1.165) is 0 Å². The lowest BCUT2D eigenvalue weighted by molar-refractivity contribution is 0.261. The van der Waals surface area contributed by atoms with Crippen molar-refractivity contribution < 1.29 is 13.0 Å². The topological polar surface area (TPSA) is 57.6 Å². The van der Waals surface area contributed by atoms with Crippen LogP contribution in [-0.4, -0.2) is 37.5 Å². The summed E-state index contributed by atoms with van der Waals surface area (Å²) >= 11 is 0. The number of rotatable bonds is 11. The highest BCUT2D eigenvalue weighted by Crippen LogP contribution is 2.15. The van der Waals surface area contributed by atoms with Crippen LogP contribution in [0, 0.1) is 0 Å². The minimum absolute atomic E-state index is 0.111. The maximum Gasteiger partial charge on any atom is 0.295 e. The normalized spacial score (nSPS) is 11.1. The van der Waals surface area contributed by atoms with Gasteiger partial charge in [0.25, 0.3) is 10.1 Å². The Kier molecular flexibility index (Phi) is 13.4. The van der Waals surface area contributed by atoms with Crippen molar-refractivity contribution >= 4 is 16.2 Å². The highest BCUT2D eigenvalue weighted by atomic mass is 32.2. The maximum absolute atomic E-state index is 10.7. The van der Waals surface area contributed by atoms with Crippen LogP contribution in [0.15, 0.2) is 35.7 Å². The number of benzene rings is 1. The lowest BCUT2D eigenvalue weighted by Gasteiger charge is -2.21. The third-order valence-corrected chi connectivity index (χ3v) is 4.83. The summed E-state index contributed by atoms with van der Waals surface area (Å²) in [5, 5.41) is 0. The van der Waals surface area contributed by atoms with Crippen LogP contribution in [0.1, 0.15) is 64.9 Å². The van der Waals surface area contributed by atoms with Crippen molar-refractivity contribution in [2.24, 2.45) is 0 Å². The zero-order valence-electron chi connectivity index (χ0n) is 16.1. The van der Waals surface area contributed by atoms with Gasteiger partial charge in [0.05, 0.1) is 0 Å². The van der Waals surface area contributed by atoms with Gasteiger partial charge in [-0.15, -0.1) is 0 Å². The number of hydrogen-bond donors (Lipinski definition) is 1. The molecule has 0 saturated heterocycles. The van der Waals surface area contributed by atoms with Crippen molar-refractivity contribution in [3.8, 4) is 0 Å². The highest BCUT2D eigenvalue weighted by molar-refractivity contribution is 7.85. The van der Waals surface area contributed by atoms with Gasteiger partial charge in [-0.2, -0.15) is 8.42 Å². The van der Waals surface area contributed by atoms with Gasteiger partial charge in [-0.05, 0) is 50.5 Å². The first kappa shape index (κ1) is 23.8. The molecule has 5 heteroatoms. The Labute approximate surface area is 154 Å². The van der Waals surface area contributed by atoms with Gasteiger partial charge in [0.15, 0.2) is 0 Å². The molecule has 0 aromatic heterocycles. The molecule has 0 heterocycles. The number of nitrogens with zero attached hydrogens (tertiary/aromatic N) is 1. The molecule has 0 atom stereocenters. The molecule has 0 radical (unpaired) electrons. The Morgan fingerprint density at radius 2 is 1.40 bits per heavy atom. The van der Waals surface area contributed by atoms with E-state index in [1.807, 2.05) is 0 Å². The van der Waals surface area contributed by atoms with E-state index in [2.05, 4.69) is 32.3 Å². The molecule has 0 bridgehead atoms. The van der Waals surface area contributed by atoms with Gasteiger partial charge in [0.1, 0.15) is 4.90 Å². The van der Waals surface area contributed by atoms with Crippen molar-refractivity contribution in [3.63, 3.8) is 0 Å². The number of hydrogen-bond acceptors (Lipinski definition) is 3. The van der Waals surface area contributed by atoms with Crippen LogP contribution in [-0.2, 0) is 10.1 Å². The largest absolute Gasteiger partial charge is 0.303 e. The Hall–Kier alpha value is -1.17. The van der Waals surface area contributed by atoms with Crippen molar-refractivity contribution in [2.45, 2.75) is 64.2 Å². The SMILES string of the molecule is C=Cc1ccccc1S(=O)(=O)O.CCCCN(CCCC)CCCC. The van der Waals surface area contributed by atoms with Gasteiger partial charge in [-0.25, -0.2) is 0 Å². The predicted octanol–water partition coefficient (Wildman–Crippen LogP) is 5.27. The highest BCUT2D eigenvalue weighted by Gasteiger charge is 2.11. The van der Waals surface area contributed by atoms with Crippen molar-refractivity contribution in [3.05, 3.63) is 36.4 Å². The zero-order valence-corrected chi connectivity index (χ0v) is 16.9. The smallest absolute Gasteiger partial charge is 0.295 e. The molecule has 0 aliphatic rings. The summed E-state index contributed by atoms with van der Waals surface area (Å²) in [6.45, 7) is 14.2. The lowest BCUT2D eigenvalue weighted by atomic mass is 10.2. The molecule has 0 fully saturated rings. The molecule has 0 aliphatic heterocycles. The predicted molar refractivity (Wildman–Crippen MR) is 108 cm³/mol. The van der Waals surface area contributed by atoms with Crippen LogP contribution in [0.5, 0.6) is 0 Å². The monoisotopic (exact) mass is 369 g/mol. The fraction of sp³-hybridized carbons (Fsp3) is 0.600. The summed E-state index contributed by atoms with van der Waals surface area (Å²) in [5.41, 5.74) is 0.403. The summed E-state index contributed by atoms with van der Waals surface area (Å²) in [7, 11) is -4.12. The molecule has 0 unspecified atom stereocenters. The van der Waals surface area contributed by atoms with E-state index in [-0.39, 0.29) is 4.90 Å². The first-order chi connectivity index (χ1) is 11.9. The molecule has 144 valence electrons. The second-order valence-electron chi connectivity index (χ2n) is 6.12. The quantitative estimate of drug-likeness (QED) is 0.540. The molecule has 25 heavy (non-hydrogen) atoms. The van der Waals surface area contributed by atoms with Crippen molar-refractivity contribution in [1.29, 1.82) is 0 Å². The van der Waals surface area contributed by atoms with Gasteiger partial charge in [-0.3, -0.25) is 4.55 Å². The number of unbranched alkanes of at least 4 members (excludes halogenated alkanes) is 3. The Bertz CT molecular complexity index is 551. The average molecular weight is 370 g/mol. The van der Waals surface area contributed by atoms with Gasteiger partial charge in [0.2, 0.25) is 0 Å². The van der Waals surface area contributed by atoms with Crippen LogP contribution in [0.25, 0.3) is 6.08 Å². The average Bonchev–Trinajstić information content (AvgIpc) is 2.61.